The average Bonchev–Trinajstić information content (AvgIpc) is 3.17. The lowest BCUT2D eigenvalue weighted by atomic mass is 10.0. The molecule has 0 saturated carbocycles. The highest BCUT2D eigenvalue weighted by molar-refractivity contribution is 6.04. The standard InChI is InChI=1S/C19H24N4O2/c1-14(24)17-5-3-4-6-18(17)21-19(25)13-23-8-7-15(12-23)9-16-10-20-22(2)11-16/h3-6,10-11,15H,7-9,12-13H2,1-2H3,(H,21,25). The van der Waals surface area contributed by atoms with E-state index in [0.29, 0.717) is 23.7 Å². The Bertz CT molecular complexity index is 768. The van der Waals surface area contributed by atoms with Gasteiger partial charge in [0.15, 0.2) is 5.78 Å². The second-order valence-electron chi connectivity index (χ2n) is 6.77. The third kappa shape index (κ3) is 4.54. The molecule has 6 nitrogen and oxygen atoms in total. The molecule has 1 aromatic heterocycles. The molecule has 6 heteroatoms. The van der Waals surface area contributed by atoms with Crippen molar-refractivity contribution in [3.05, 3.63) is 47.8 Å². The van der Waals surface area contributed by atoms with Crippen LogP contribution in [0.25, 0.3) is 0 Å². The van der Waals surface area contributed by atoms with Crippen molar-refractivity contribution in [2.24, 2.45) is 13.0 Å². The first-order valence-corrected chi connectivity index (χ1v) is 8.61. The van der Waals surface area contributed by atoms with Gasteiger partial charge in [0.05, 0.1) is 18.4 Å². The summed E-state index contributed by atoms with van der Waals surface area (Å²) in [6.07, 6.45) is 6.05. The fourth-order valence-electron chi connectivity index (χ4n) is 3.43. The van der Waals surface area contributed by atoms with Gasteiger partial charge < -0.3 is 5.32 Å². The predicted molar refractivity (Wildman–Crippen MR) is 96.5 cm³/mol. The van der Waals surface area contributed by atoms with E-state index in [9.17, 15) is 9.59 Å². The minimum atomic E-state index is -0.0734. The topological polar surface area (TPSA) is 67.2 Å². The number of rotatable bonds is 6. The highest BCUT2D eigenvalue weighted by Gasteiger charge is 2.24. The Balaban J connectivity index is 1.51. The predicted octanol–water partition coefficient (Wildman–Crippen LogP) is 2.13. The van der Waals surface area contributed by atoms with Crippen molar-refractivity contribution in [3.8, 4) is 0 Å². The Morgan fingerprint density at radius 1 is 1.32 bits per heavy atom. The molecule has 1 aromatic carbocycles. The molecular formula is C19H24N4O2. The molecule has 1 atom stereocenters. The summed E-state index contributed by atoms with van der Waals surface area (Å²) in [6.45, 7) is 3.70. The van der Waals surface area contributed by atoms with E-state index in [-0.39, 0.29) is 11.7 Å². The lowest BCUT2D eigenvalue weighted by Gasteiger charge is -2.16. The molecule has 1 N–H and O–H groups in total. The number of Topliss-reactive ketones (excluding diaryl/α,β-unsaturated/α-hetero) is 1. The number of hydrogen-bond acceptors (Lipinski definition) is 4. The van der Waals surface area contributed by atoms with Crippen molar-refractivity contribution in [1.82, 2.24) is 14.7 Å². The Kier molecular flexibility index (Phi) is 5.28. The van der Waals surface area contributed by atoms with Crippen LogP contribution in [0.3, 0.4) is 0 Å². The van der Waals surface area contributed by atoms with Gasteiger partial charge in [-0.15, -0.1) is 0 Å². The lowest BCUT2D eigenvalue weighted by Crippen LogP contribution is -2.32. The fraction of sp³-hybridized carbons (Fsp3) is 0.421. The molecule has 3 rings (SSSR count). The van der Waals surface area contributed by atoms with Crippen LogP contribution in [0.15, 0.2) is 36.7 Å². The zero-order valence-corrected chi connectivity index (χ0v) is 14.7. The van der Waals surface area contributed by atoms with E-state index in [4.69, 9.17) is 0 Å². The van der Waals surface area contributed by atoms with E-state index in [0.717, 1.165) is 25.9 Å². The van der Waals surface area contributed by atoms with Gasteiger partial charge in [0.1, 0.15) is 0 Å². The van der Waals surface area contributed by atoms with Gasteiger partial charge in [0.25, 0.3) is 0 Å². The number of nitrogens with one attached hydrogen (secondary N) is 1. The Hall–Kier alpha value is -2.47. The zero-order chi connectivity index (χ0) is 17.8. The maximum Gasteiger partial charge on any atom is 0.238 e. The van der Waals surface area contributed by atoms with Crippen LogP contribution in [0, 0.1) is 5.92 Å². The Labute approximate surface area is 147 Å². The second kappa shape index (κ2) is 7.61. The van der Waals surface area contributed by atoms with Crippen molar-refractivity contribution in [2.75, 3.05) is 25.0 Å². The second-order valence-corrected chi connectivity index (χ2v) is 6.77. The molecule has 132 valence electrons. The smallest absolute Gasteiger partial charge is 0.238 e. The summed E-state index contributed by atoms with van der Waals surface area (Å²) < 4.78 is 1.82. The first-order chi connectivity index (χ1) is 12.0. The number of para-hydroxylation sites is 1. The number of likely N-dealkylation sites (tertiary alicyclic amines) is 1. The summed E-state index contributed by atoms with van der Waals surface area (Å²) in [5.41, 5.74) is 2.38. The monoisotopic (exact) mass is 340 g/mol. The molecule has 1 amide bonds. The van der Waals surface area contributed by atoms with Gasteiger partial charge in [-0.05, 0) is 49.9 Å². The minimum absolute atomic E-state index is 0.0476. The summed E-state index contributed by atoms with van der Waals surface area (Å²) >= 11 is 0. The van der Waals surface area contributed by atoms with Gasteiger partial charge in [0, 0.05) is 25.4 Å². The number of carbonyl (C=O) groups excluding carboxylic acids is 2. The van der Waals surface area contributed by atoms with E-state index >= 15 is 0 Å². The number of ketones is 1. The number of hydrogen-bond donors (Lipinski definition) is 1. The van der Waals surface area contributed by atoms with Crippen molar-refractivity contribution < 1.29 is 9.59 Å². The number of nitrogens with zero attached hydrogens (tertiary/aromatic N) is 3. The van der Waals surface area contributed by atoms with Gasteiger partial charge >= 0.3 is 0 Å². The van der Waals surface area contributed by atoms with Crippen molar-refractivity contribution in [3.63, 3.8) is 0 Å². The first-order valence-electron chi connectivity index (χ1n) is 8.61. The third-order valence-electron chi connectivity index (χ3n) is 4.60. The van der Waals surface area contributed by atoms with Crippen molar-refractivity contribution in [1.29, 1.82) is 0 Å². The van der Waals surface area contributed by atoms with Crippen LogP contribution in [0.1, 0.15) is 29.3 Å². The summed E-state index contributed by atoms with van der Waals surface area (Å²) in [5, 5.41) is 7.08. The molecule has 1 unspecified atom stereocenters. The van der Waals surface area contributed by atoms with Gasteiger partial charge in [-0.2, -0.15) is 5.10 Å². The van der Waals surface area contributed by atoms with E-state index < -0.39 is 0 Å². The maximum absolute atomic E-state index is 12.3. The van der Waals surface area contributed by atoms with E-state index in [1.54, 1.807) is 18.2 Å². The van der Waals surface area contributed by atoms with Gasteiger partial charge in [-0.25, -0.2) is 0 Å². The first kappa shape index (κ1) is 17.4. The van der Waals surface area contributed by atoms with E-state index in [1.807, 2.05) is 30.2 Å². The van der Waals surface area contributed by atoms with Crippen molar-refractivity contribution >= 4 is 17.4 Å². The Morgan fingerprint density at radius 3 is 2.84 bits per heavy atom. The molecule has 25 heavy (non-hydrogen) atoms. The molecule has 2 aromatic rings. The molecule has 1 saturated heterocycles. The van der Waals surface area contributed by atoms with E-state index in [1.165, 1.54) is 12.5 Å². The van der Waals surface area contributed by atoms with Crippen LogP contribution >= 0.6 is 0 Å². The van der Waals surface area contributed by atoms with Gasteiger partial charge in [-0.3, -0.25) is 19.2 Å². The largest absolute Gasteiger partial charge is 0.324 e. The molecule has 0 radical (unpaired) electrons. The number of benzene rings is 1. The number of aromatic nitrogens is 2. The fourth-order valence-corrected chi connectivity index (χ4v) is 3.43. The highest BCUT2D eigenvalue weighted by atomic mass is 16.2. The molecule has 0 aliphatic carbocycles. The Morgan fingerprint density at radius 2 is 2.12 bits per heavy atom. The van der Waals surface area contributed by atoms with Crippen LogP contribution in [0.2, 0.25) is 0 Å². The third-order valence-corrected chi connectivity index (χ3v) is 4.60. The van der Waals surface area contributed by atoms with E-state index in [2.05, 4.69) is 15.3 Å². The average molecular weight is 340 g/mol. The number of anilines is 1. The molecular weight excluding hydrogens is 316 g/mol. The quantitative estimate of drug-likeness (QED) is 0.818. The number of amides is 1. The molecule has 0 bridgehead atoms. The summed E-state index contributed by atoms with van der Waals surface area (Å²) in [7, 11) is 1.92. The van der Waals surface area contributed by atoms with Crippen molar-refractivity contribution in [2.45, 2.75) is 19.8 Å². The molecule has 1 aliphatic heterocycles. The number of aryl methyl sites for hydroxylation is 1. The highest BCUT2D eigenvalue weighted by Crippen LogP contribution is 2.21. The lowest BCUT2D eigenvalue weighted by molar-refractivity contribution is -0.117. The van der Waals surface area contributed by atoms with Crippen LogP contribution in [-0.2, 0) is 18.3 Å². The molecule has 1 aliphatic rings. The summed E-state index contributed by atoms with van der Waals surface area (Å²) in [4.78, 5) is 26.1. The molecule has 2 heterocycles. The number of carbonyl (C=O) groups is 2. The zero-order valence-electron chi connectivity index (χ0n) is 14.7. The van der Waals surface area contributed by atoms with Gasteiger partial charge in [0.2, 0.25) is 5.91 Å². The van der Waals surface area contributed by atoms with Crippen LogP contribution in [0.4, 0.5) is 5.69 Å². The van der Waals surface area contributed by atoms with Crippen LogP contribution in [-0.4, -0.2) is 46.0 Å². The molecule has 0 spiro atoms. The van der Waals surface area contributed by atoms with Crippen LogP contribution < -0.4 is 5.32 Å². The maximum atomic E-state index is 12.3. The summed E-state index contributed by atoms with van der Waals surface area (Å²) in [5.74, 6) is 0.436. The van der Waals surface area contributed by atoms with Gasteiger partial charge in [-0.1, -0.05) is 12.1 Å². The SMILES string of the molecule is CC(=O)c1ccccc1NC(=O)CN1CCC(Cc2cnn(C)c2)C1. The van der Waals surface area contributed by atoms with Crippen LogP contribution in [0.5, 0.6) is 0 Å². The molecule has 1 fully saturated rings. The normalized spacial score (nSPS) is 17.6. The minimum Gasteiger partial charge on any atom is -0.324 e. The summed E-state index contributed by atoms with van der Waals surface area (Å²) in [6, 6.07) is 7.12.